The second kappa shape index (κ2) is 8.19. The Balaban J connectivity index is 1.19. The fourth-order valence-electron chi connectivity index (χ4n) is 3.75. The van der Waals surface area contributed by atoms with Gasteiger partial charge in [0.05, 0.1) is 17.0 Å². The van der Waals surface area contributed by atoms with Gasteiger partial charge in [-0.15, -0.1) is 0 Å². The van der Waals surface area contributed by atoms with E-state index in [9.17, 15) is 14.9 Å². The molecular formula is C21H19N7O4. The molecule has 1 N–H and O–H groups in total. The van der Waals surface area contributed by atoms with E-state index in [0.29, 0.717) is 55.7 Å². The van der Waals surface area contributed by atoms with E-state index in [4.69, 9.17) is 4.52 Å². The van der Waals surface area contributed by atoms with Gasteiger partial charge in [0.15, 0.2) is 5.69 Å². The normalized spacial score (nSPS) is 14.7. The number of non-ortho nitro benzene ring substituents is 1. The third-order valence-electron chi connectivity index (χ3n) is 5.50. The number of benzene rings is 2. The largest absolute Gasteiger partial charge is 0.338 e. The first-order valence-corrected chi connectivity index (χ1v) is 10.1. The second-order valence-corrected chi connectivity index (χ2v) is 7.50. The molecule has 0 atom stereocenters. The summed E-state index contributed by atoms with van der Waals surface area (Å²) in [5.74, 6) is 0.755. The Morgan fingerprint density at radius 1 is 1.09 bits per heavy atom. The number of nitrogens with one attached hydrogen (secondary N) is 1. The van der Waals surface area contributed by atoms with Crippen molar-refractivity contribution in [3.63, 3.8) is 0 Å². The zero-order valence-corrected chi connectivity index (χ0v) is 17.0. The number of para-hydroxylation sites is 1. The van der Waals surface area contributed by atoms with Crippen LogP contribution in [0, 0.1) is 10.1 Å². The highest BCUT2D eigenvalue weighted by molar-refractivity contribution is 6.04. The van der Waals surface area contributed by atoms with Gasteiger partial charge >= 0.3 is 0 Å². The summed E-state index contributed by atoms with van der Waals surface area (Å²) in [5.41, 5.74) is 1.94. The number of nitro benzene ring substituents is 1. The van der Waals surface area contributed by atoms with Gasteiger partial charge in [-0.3, -0.25) is 24.9 Å². The number of H-pyrrole nitrogens is 1. The maximum Gasteiger partial charge on any atom is 0.275 e. The molecule has 1 amide bonds. The van der Waals surface area contributed by atoms with Crippen molar-refractivity contribution in [3.05, 3.63) is 70.2 Å². The highest BCUT2D eigenvalue weighted by atomic mass is 16.6. The molecule has 0 unspecified atom stereocenters. The van der Waals surface area contributed by atoms with E-state index in [1.807, 2.05) is 24.3 Å². The van der Waals surface area contributed by atoms with Crippen molar-refractivity contribution in [1.82, 2.24) is 30.1 Å². The smallest absolute Gasteiger partial charge is 0.275 e. The Kier molecular flexibility index (Phi) is 5.07. The lowest BCUT2D eigenvalue weighted by atomic mass is 10.2. The number of carbonyl (C=O) groups excluding carboxylic acids is 1. The summed E-state index contributed by atoms with van der Waals surface area (Å²) in [5, 5.41) is 22.7. The van der Waals surface area contributed by atoms with Crippen LogP contribution < -0.4 is 0 Å². The molecule has 0 aliphatic carbocycles. The molecule has 1 aliphatic rings. The van der Waals surface area contributed by atoms with Crippen LogP contribution in [-0.2, 0) is 6.54 Å². The van der Waals surface area contributed by atoms with Gasteiger partial charge in [0.2, 0.25) is 11.7 Å². The monoisotopic (exact) mass is 433 g/mol. The van der Waals surface area contributed by atoms with E-state index in [1.54, 1.807) is 17.0 Å². The molecule has 11 nitrogen and oxygen atoms in total. The van der Waals surface area contributed by atoms with Crippen molar-refractivity contribution in [2.45, 2.75) is 6.54 Å². The van der Waals surface area contributed by atoms with Gasteiger partial charge in [-0.05, 0) is 18.2 Å². The van der Waals surface area contributed by atoms with Crippen LogP contribution in [0.2, 0.25) is 0 Å². The van der Waals surface area contributed by atoms with Crippen LogP contribution in [0.25, 0.3) is 22.3 Å². The van der Waals surface area contributed by atoms with Crippen molar-refractivity contribution < 1.29 is 14.2 Å². The van der Waals surface area contributed by atoms with Crippen LogP contribution in [0.15, 0.2) is 53.1 Å². The molecule has 2 aromatic heterocycles. The number of fused-ring (bicyclic) bond motifs is 1. The molecular weight excluding hydrogens is 414 g/mol. The summed E-state index contributed by atoms with van der Waals surface area (Å²) in [4.78, 5) is 31.6. The number of hydrogen-bond donors (Lipinski definition) is 1. The molecule has 0 spiro atoms. The number of hydrogen-bond acceptors (Lipinski definition) is 8. The fraction of sp³-hybridized carbons (Fsp3) is 0.238. The summed E-state index contributed by atoms with van der Waals surface area (Å²) in [6.07, 6.45) is 0. The standard InChI is InChI=1S/C21H19N7O4/c29-21(19-16-3-1-2-4-17(16)23-24-19)27-11-9-26(10-12-27)13-18-22-20(25-32-18)14-5-7-15(8-6-14)28(30)31/h1-8H,9-13H2,(H,23,24). The maximum atomic E-state index is 12.9. The van der Waals surface area contributed by atoms with Crippen molar-refractivity contribution in [2.24, 2.45) is 0 Å². The van der Waals surface area contributed by atoms with E-state index < -0.39 is 4.92 Å². The van der Waals surface area contributed by atoms with Crippen LogP contribution in [-0.4, -0.2) is 67.1 Å². The molecule has 5 rings (SSSR count). The SMILES string of the molecule is O=C(c1n[nH]c2ccccc12)N1CCN(Cc2nc(-c3ccc([N+](=O)[O-])cc3)no2)CC1. The first-order chi connectivity index (χ1) is 15.6. The first-order valence-electron chi connectivity index (χ1n) is 10.1. The molecule has 162 valence electrons. The molecule has 11 heteroatoms. The van der Waals surface area contributed by atoms with Crippen molar-refractivity contribution in [2.75, 3.05) is 26.2 Å². The van der Waals surface area contributed by atoms with Crippen molar-refractivity contribution in [3.8, 4) is 11.4 Å². The molecule has 1 saturated heterocycles. The van der Waals surface area contributed by atoms with Gasteiger partial charge in [0, 0.05) is 49.3 Å². The molecule has 1 aliphatic heterocycles. The van der Waals surface area contributed by atoms with Gasteiger partial charge in [-0.25, -0.2) is 0 Å². The summed E-state index contributed by atoms with van der Waals surface area (Å²) < 4.78 is 5.35. The Labute approximate surface area is 181 Å². The zero-order valence-electron chi connectivity index (χ0n) is 17.0. The number of carbonyl (C=O) groups is 1. The number of piperazine rings is 1. The number of aromatic amines is 1. The van der Waals surface area contributed by atoms with E-state index in [2.05, 4.69) is 25.2 Å². The van der Waals surface area contributed by atoms with E-state index in [0.717, 1.165) is 10.9 Å². The molecule has 2 aromatic carbocycles. The molecule has 0 bridgehead atoms. The zero-order chi connectivity index (χ0) is 22.1. The topological polar surface area (TPSA) is 134 Å². The van der Waals surface area contributed by atoms with E-state index in [1.165, 1.54) is 12.1 Å². The minimum absolute atomic E-state index is 0.00715. The molecule has 0 radical (unpaired) electrons. The van der Waals surface area contributed by atoms with Gasteiger partial charge in [0.25, 0.3) is 11.6 Å². The summed E-state index contributed by atoms with van der Waals surface area (Å²) in [6, 6.07) is 13.6. The number of rotatable bonds is 5. The third-order valence-corrected chi connectivity index (χ3v) is 5.50. The van der Waals surface area contributed by atoms with Crippen molar-refractivity contribution in [1.29, 1.82) is 0 Å². The fourth-order valence-corrected chi connectivity index (χ4v) is 3.75. The van der Waals surface area contributed by atoms with Gasteiger partial charge in [-0.1, -0.05) is 23.4 Å². The van der Waals surface area contributed by atoms with E-state index in [-0.39, 0.29) is 11.6 Å². The number of amides is 1. The minimum atomic E-state index is -0.454. The number of nitro groups is 1. The van der Waals surface area contributed by atoms with Crippen LogP contribution >= 0.6 is 0 Å². The van der Waals surface area contributed by atoms with Crippen molar-refractivity contribution >= 4 is 22.5 Å². The Bertz CT molecular complexity index is 1270. The Hall–Kier alpha value is -4.12. The highest BCUT2D eigenvalue weighted by Crippen LogP contribution is 2.21. The van der Waals surface area contributed by atoms with Gasteiger partial charge in [-0.2, -0.15) is 10.1 Å². The molecule has 3 heterocycles. The number of aromatic nitrogens is 4. The summed E-state index contributed by atoms with van der Waals surface area (Å²) in [7, 11) is 0. The highest BCUT2D eigenvalue weighted by Gasteiger charge is 2.26. The molecule has 4 aromatic rings. The summed E-state index contributed by atoms with van der Waals surface area (Å²) in [6.45, 7) is 2.95. The molecule has 0 saturated carbocycles. The number of nitrogens with zero attached hydrogens (tertiary/aromatic N) is 6. The Morgan fingerprint density at radius 2 is 1.84 bits per heavy atom. The first kappa shape index (κ1) is 19.8. The average molecular weight is 433 g/mol. The maximum absolute atomic E-state index is 12.9. The minimum Gasteiger partial charge on any atom is -0.338 e. The summed E-state index contributed by atoms with van der Waals surface area (Å²) >= 11 is 0. The van der Waals surface area contributed by atoms with Gasteiger partial charge < -0.3 is 9.42 Å². The van der Waals surface area contributed by atoms with Crippen LogP contribution in [0.5, 0.6) is 0 Å². The second-order valence-electron chi connectivity index (χ2n) is 7.50. The van der Waals surface area contributed by atoms with Crippen LogP contribution in [0.3, 0.4) is 0 Å². The average Bonchev–Trinajstić information content (AvgIpc) is 3.46. The van der Waals surface area contributed by atoms with Gasteiger partial charge in [0.1, 0.15) is 0 Å². The van der Waals surface area contributed by atoms with Crippen LogP contribution in [0.1, 0.15) is 16.4 Å². The lowest BCUT2D eigenvalue weighted by molar-refractivity contribution is -0.384. The molecule has 32 heavy (non-hydrogen) atoms. The van der Waals surface area contributed by atoms with Crippen LogP contribution in [0.4, 0.5) is 5.69 Å². The Morgan fingerprint density at radius 3 is 2.59 bits per heavy atom. The predicted octanol–water partition coefficient (Wildman–Crippen LogP) is 2.48. The lowest BCUT2D eigenvalue weighted by Gasteiger charge is -2.33. The molecule has 1 fully saturated rings. The third kappa shape index (κ3) is 3.81. The quantitative estimate of drug-likeness (QED) is 0.375. The van der Waals surface area contributed by atoms with E-state index >= 15 is 0 Å². The lowest BCUT2D eigenvalue weighted by Crippen LogP contribution is -2.48. The predicted molar refractivity (Wildman–Crippen MR) is 114 cm³/mol.